The van der Waals surface area contributed by atoms with Crippen molar-refractivity contribution in [3.63, 3.8) is 0 Å². The van der Waals surface area contributed by atoms with Crippen LogP contribution >= 0.6 is 11.6 Å². The van der Waals surface area contributed by atoms with Gasteiger partial charge in [0.15, 0.2) is 0 Å². The molecule has 0 aliphatic carbocycles. The molecule has 0 atom stereocenters. The highest BCUT2D eigenvalue weighted by Gasteiger charge is 2.10. The van der Waals surface area contributed by atoms with Crippen LogP contribution in [0.3, 0.4) is 0 Å². The Morgan fingerprint density at radius 3 is 2.87 bits per heavy atom. The summed E-state index contributed by atoms with van der Waals surface area (Å²) in [5.74, 6) is 0. The van der Waals surface area contributed by atoms with Crippen LogP contribution in [0.4, 0.5) is 0 Å². The minimum atomic E-state index is -0.313. The summed E-state index contributed by atoms with van der Waals surface area (Å²) in [5, 5.41) is 0.510. The number of imidazole rings is 1. The zero-order chi connectivity index (χ0) is 11.0. The van der Waals surface area contributed by atoms with Gasteiger partial charge in [0.05, 0.1) is 10.5 Å². The fraction of sp³-hybridized carbons (Fsp3) is 0.300. The minimum Gasteiger partial charge on any atom is -0.406 e. The van der Waals surface area contributed by atoms with E-state index in [9.17, 15) is 4.79 Å². The second kappa shape index (κ2) is 3.62. The third-order valence-electron chi connectivity index (χ3n) is 1.94. The number of aromatic amines is 1. The molecule has 4 nitrogen and oxygen atoms in total. The SMILES string of the molecule is CC(C)On1c(=O)[nH]c2c(Cl)cccc21. The molecule has 0 radical (unpaired) electrons. The molecule has 1 aromatic heterocycles. The number of rotatable bonds is 2. The van der Waals surface area contributed by atoms with Crippen molar-refractivity contribution in [2.75, 3.05) is 0 Å². The van der Waals surface area contributed by atoms with Crippen LogP contribution in [-0.4, -0.2) is 15.8 Å². The molecule has 1 heterocycles. The molecule has 1 N–H and O–H groups in total. The molecule has 0 fully saturated rings. The number of hydrogen-bond donors (Lipinski definition) is 1. The van der Waals surface area contributed by atoms with Gasteiger partial charge in [-0.25, -0.2) is 4.79 Å². The maximum Gasteiger partial charge on any atom is 0.359 e. The molecule has 15 heavy (non-hydrogen) atoms. The lowest BCUT2D eigenvalue weighted by atomic mass is 10.3. The number of para-hydroxylation sites is 1. The molecule has 0 bridgehead atoms. The Balaban J connectivity index is 2.69. The molecule has 0 saturated heterocycles. The summed E-state index contributed by atoms with van der Waals surface area (Å²) in [5.41, 5.74) is 0.942. The van der Waals surface area contributed by atoms with Crippen LogP contribution in [0.2, 0.25) is 5.02 Å². The van der Waals surface area contributed by atoms with E-state index in [0.29, 0.717) is 16.1 Å². The highest BCUT2D eigenvalue weighted by Crippen LogP contribution is 2.19. The van der Waals surface area contributed by atoms with Gasteiger partial charge in [-0.2, -0.15) is 0 Å². The highest BCUT2D eigenvalue weighted by molar-refractivity contribution is 6.34. The van der Waals surface area contributed by atoms with Gasteiger partial charge in [0.2, 0.25) is 0 Å². The number of H-pyrrole nitrogens is 1. The minimum absolute atomic E-state index is 0.0688. The number of nitrogens with one attached hydrogen (secondary N) is 1. The van der Waals surface area contributed by atoms with Crippen LogP contribution in [0.1, 0.15) is 13.8 Å². The van der Waals surface area contributed by atoms with Crippen molar-refractivity contribution in [2.24, 2.45) is 0 Å². The van der Waals surface area contributed by atoms with E-state index in [2.05, 4.69) is 4.98 Å². The van der Waals surface area contributed by atoms with Crippen molar-refractivity contribution in [1.29, 1.82) is 0 Å². The Morgan fingerprint density at radius 2 is 2.20 bits per heavy atom. The van der Waals surface area contributed by atoms with Gasteiger partial charge in [-0.3, -0.25) is 0 Å². The fourth-order valence-corrected chi connectivity index (χ4v) is 1.61. The number of fused-ring (bicyclic) bond motifs is 1. The number of aromatic nitrogens is 2. The van der Waals surface area contributed by atoms with Crippen LogP contribution in [0.25, 0.3) is 11.0 Å². The van der Waals surface area contributed by atoms with E-state index in [1.807, 2.05) is 13.8 Å². The van der Waals surface area contributed by atoms with E-state index in [-0.39, 0.29) is 11.8 Å². The summed E-state index contributed by atoms with van der Waals surface area (Å²) in [6, 6.07) is 5.28. The first kappa shape index (κ1) is 10.1. The Kier molecular flexibility index (Phi) is 2.44. The van der Waals surface area contributed by atoms with Gasteiger partial charge < -0.3 is 9.82 Å². The molecule has 0 aliphatic rings. The van der Waals surface area contributed by atoms with Gasteiger partial charge in [-0.05, 0) is 26.0 Å². The number of nitrogens with zero attached hydrogens (tertiary/aromatic N) is 1. The van der Waals surface area contributed by atoms with E-state index in [1.54, 1.807) is 18.2 Å². The summed E-state index contributed by atoms with van der Waals surface area (Å²) in [4.78, 5) is 19.6. The monoisotopic (exact) mass is 226 g/mol. The molecule has 5 heteroatoms. The van der Waals surface area contributed by atoms with E-state index in [4.69, 9.17) is 16.4 Å². The standard InChI is InChI=1S/C10H11ClN2O2/c1-6(2)15-13-8-5-3-4-7(11)9(8)12-10(13)14/h3-6H,1-2H3,(H,12,14). The summed E-state index contributed by atoms with van der Waals surface area (Å²) in [7, 11) is 0. The maximum atomic E-state index is 11.6. The second-order valence-corrected chi connectivity index (χ2v) is 3.92. The van der Waals surface area contributed by atoms with E-state index in [0.717, 1.165) is 0 Å². The normalized spacial score (nSPS) is 11.2. The van der Waals surface area contributed by atoms with Crippen molar-refractivity contribution in [1.82, 2.24) is 9.71 Å². The second-order valence-electron chi connectivity index (χ2n) is 3.51. The molecule has 0 spiro atoms. The Labute approximate surface area is 91.4 Å². The lowest BCUT2D eigenvalue weighted by Gasteiger charge is -2.08. The molecule has 2 rings (SSSR count). The number of benzene rings is 1. The molecular formula is C10H11ClN2O2. The van der Waals surface area contributed by atoms with Gasteiger partial charge in [0.1, 0.15) is 11.6 Å². The zero-order valence-electron chi connectivity index (χ0n) is 8.45. The van der Waals surface area contributed by atoms with Gasteiger partial charge in [0, 0.05) is 0 Å². The van der Waals surface area contributed by atoms with Crippen molar-refractivity contribution in [2.45, 2.75) is 20.0 Å². The summed E-state index contributed by atoms with van der Waals surface area (Å²) >= 11 is 5.94. The van der Waals surface area contributed by atoms with Gasteiger partial charge in [-0.1, -0.05) is 17.7 Å². The third kappa shape index (κ3) is 1.72. The van der Waals surface area contributed by atoms with Crippen LogP contribution in [0, 0.1) is 0 Å². The molecule has 0 aliphatic heterocycles. The van der Waals surface area contributed by atoms with Crippen LogP contribution in [0.5, 0.6) is 0 Å². The molecule has 0 saturated carbocycles. The lowest BCUT2D eigenvalue weighted by Crippen LogP contribution is -2.28. The first-order chi connectivity index (χ1) is 7.09. The summed E-state index contributed by atoms with van der Waals surface area (Å²) in [6.07, 6.45) is -0.0688. The Bertz CT molecular complexity index is 542. The van der Waals surface area contributed by atoms with E-state index in [1.165, 1.54) is 4.73 Å². The van der Waals surface area contributed by atoms with E-state index < -0.39 is 0 Å². The molecule has 0 unspecified atom stereocenters. The smallest absolute Gasteiger partial charge is 0.359 e. The first-order valence-electron chi connectivity index (χ1n) is 4.66. The lowest BCUT2D eigenvalue weighted by molar-refractivity contribution is 0.0614. The van der Waals surface area contributed by atoms with Crippen LogP contribution in [0.15, 0.2) is 23.0 Å². The van der Waals surface area contributed by atoms with Crippen molar-refractivity contribution < 1.29 is 4.84 Å². The largest absolute Gasteiger partial charge is 0.406 e. The quantitative estimate of drug-likeness (QED) is 0.849. The van der Waals surface area contributed by atoms with Crippen LogP contribution < -0.4 is 10.5 Å². The molecule has 2 aromatic rings. The predicted molar refractivity (Wildman–Crippen MR) is 59.3 cm³/mol. The fourth-order valence-electron chi connectivity index (χ4n) is 1.39. The molecular weight excluding hydrogens is 216 g/mol. The summed E-state index contributed by atoms with van der Waals surface area (Å²) in [6.45, 7) is 3.71. The van der Waals surface area contributed by atoms with Crippen LogP contribution in [-0.2, 0) is 0 Å². The average Bonchev–Trinajstić information content (AvgIpc) is 2.45. The van der Waals surface area contributed by atoms with Gasteiger partial charge >= 0.3 is 5.69 Å². The maximum absolute atomic E-state index is 11.6. The van der Waals surface area contributed by atoms with Gasteiger partial charge in [0.25, 0.3) is 0 Å². The topological polar surface area (TPSA) is 47.0 Å². The molecule has 80 valence electrons. The average molecular weight is 227 g/mol. The zero-order valence-corrected chi connectivity index (χ0v) is 9.21. The Hall–Kier alpha value is -1.42. The molecule has 1 aromatic carbocycles. The van der Waals surface area contributed by atoms with Gasteiger partial charge in [-0.15, -0.1) is 4.73 Å². The van der Waals surface area contributed by atoms with E-state index >= 15 is 0 Å². The van der Waals surface area contributed by atoms with Crippen molar-refractivity contribution in [3.8, 4) is 0 Å². The first-order valence-corrected chi connectivity index (χ1v) is 5.04. The number of halogens is 1. The number of hydrogen-bond acceptors (Lipinski definition) is 2. The predicted octanol–water partition coefficient (Wildman–Crippen LogP) is 1.82. The highest BCUT2D eigenvalue weighted by atomic mass is 35.5. The van der Waals surface area contributed by atoms with Crippen molar-refractivity contribution >= 4 is 22.6 Å². The van der Waals surface area contributed by atoms with Crippen molar-refractivity contribution in [3.05, 3.63) is 33.7 Å². The third-order valence-corrected chi connectivity index (χ3v) is 2.26. The summed E-state index contributed by atoms with van der Waals surface area (Å²) < 4.78 is 1.23. The molecule has 0 amide bonds. The Morgan fingerprint density at radius 1 is 1.47 bits per heavy atom.